The minimum atomic E-state index is -0.210. The van der Waals surface area contributed by atoms with Crippen LogP contribution in [0.25, 0.3) is 0 Å². The molecule has 2 heterocycles. The van der Waals surface area contributed by atoms with Gasteiger partial charge in [0.15, 0.2) is 5.76 Å². The lowest BCUT2D eigenvalue weighted by atomic mass is 9.82. The zero-order chi connectivity index (χ0) is 13.9. The van der Waals surface area contributed by atoms with E-state index in [0.717, 1.165) is 12.8 Å². The summed E-state index contributed by atoms with van der Waals surface area (Å²) in [6.07, 6.45) is 4.88. The van der Waals surface area contributed by atoms with Gasteiger partial charge in [-0.2, -0.15) is 5.10 Å². The molecular weight excluding hydrogens is 258 g/mol. The molecule has 6 nitrogen and oxygen atoms in total. The van der Waals surface area contributed by atoms with E-state index in [0.29, 0.717) is 30.5 Å². The molecule has 2 aromatic heterocycles. The predicted molar refractivity (Wildman–Crippen MR) is 71.1 cm³/mol. The highest BCUT2D eigenvalue weighted by atomic mass is 16.4. The fraction of sp³-hybridized carbons (Fsp3) is 0.429. The van der Waals surface area contributed by atoms with Gasteiger partial charge in [-0.05, 0) is 37.0 Å². The van der Waals surface area contributed by atoms with Crippen molar-refractivity contribution in [3.05, 3.63) is 42.1 Å². The summed E-state index contributed by atoms with van der Waals surface area (Å²) in [6, 6.07) is 5.29. The van der Waals surface area contributed by atoms with Crippen LogP contribution in [-0.2, 0) is 6.54 Å². The summed E-state index contributed by atoms with van der Waals surface area (Å²) in [5.74, 6) is 1.18. The van der Waals surface area contributed by atoms with E-state index in [1.54, 1.807) is 23.0 Å². The van der Waals surface area contributed by atoms with Crippen LogP contribution >= 0.6 is 0 Å². The SMILES string of the molecule is O=C(NCC1CC(O)C1)c1ccc(Cn2cccn2)o1. The maximum absolute atomic E-state index is 11.9. The number of nitrogens with one attached hydrogen (secondary N) is 1. The van der Waals surface area contributed by atoms with Crippen LogP contribution in [0.4, 0.5) is 0 Å². The minimum Gasteiger partial charge on any atom is -0.454 e. The van der Waals surface area contributed by atoms with Gasteiger partial charge in [0.25, 0.3) is 5.91 Å². The number of nitrogens with zero attached hydrogens (tertiary/aromatic N) is 2. The van der Waals surface area contributed by atoms with Crippen molar-refractivity contribution in [1.29, 1.82) is 0 Å². The van der Waals surface area contributed by atoms with Crippen LogP contribution in [0.3, 0.4) is 0 Å². The summed E-state index contributed by atoms with van der Waals surface area (Å²) in [4.78, 5) is 11.9. The summed E-state index contributed by atoms with van der Waals surface area (Å²) in [5, 5.41) is 16.1. The van der Waals surface area contributed by atoms with E-state index in [9.17, 15) is 9.90 Å². The second kappa shape index (κ2) is 5.50. The van der Waals surface area contributed by atoms with Gasteiger partial charge in [0.2, 0.25) is 0 Å². The predicted octanol–water partition coefficient (Wildman–Crippen LogP) is 1.03. The summed E-state index contributed by atoms with van der Waals surface area (Å²) in [7, 11) is 0. The van der Waals surface area contributed by atoms with Crippen LogP contribution < -0.4 is 5.32 Å². The van der Waals surface area contributed by atoms with Crippen LogP contribution in [-0.4, -0.2) is 33.4 Å². The first-order valence-corrected chi connectivity index (χ1v) is 6.73. The van der Waals surface area contributed by atoms with Gasteiger partial charge in [-0.25, -0.2) is 0 Å². The Morgan fingerprint density at radius 1 is 1.50 bits per heavy atom. The van der Waals surface area contributed by atoms with Crippen molar-refractivity contribution in [3.8, 4) is 0 Å². The monoisotopic (exact) mass is 275 g/mol. The first-order chi connectivity index (χ1) is 9.70. The van der Waals surface area contributed by atoms with Gasteiger partial charge in [-0.15, -0.1) is 0 Å². The molecule has 0 unspecified atom stereocenters. The van der Waals surface area contributed by atoms with E-state index in [2.05, 4.69) is 10.4 Å². The van der Waals surface area contributed by atoms with Crippen molar-refractivity contribution < 1.29 is 14.3 Å². The Morgan fingerprint density at radius 3 is 3.05 bits per heavy atom. The molecule has 106 valence electrons. The zero-order valence-corrected chi connectivity index (χ0v) is 11.0. The summed E-state index contributed by atoms with van der Waals surface area (Å²) in [5.41, 5.74) is 0. The third-order valence-electron chi connectivity index (χ3n) is 3.52. The normalized spacial score (nSPS) is 21.4. The van der Waals surface area contributed by atoms with E-state index in [1.807, 2.05) is 12.3 Å². The minimum absolute atomic E-state index is 0.193. The topological polar surface area (TPSA) is 80.3 Å². The Bertz CT molecular complexity index is 570. The molecule has 20 heavy (non-hydrogen) atoms. The first-order valence-electron chi connectivity index (χ1n) is 6.73. The number of rotatable bonds is 5. The van der Waals surface area contributed by atoms with Crippen molar-refractivity contribution in [3.63, 3.8) is 0 Å². The first kappa shape index (κ1) is 12.9. The van der Waals surface area contributed by atoms with Gasteiger partial charge in [-0.1, -0.05) is 0 Å². The Kier molecular flexibility index (Phi) is 3.56. The van der Waals surface area contributed by atoms with E-state index < -0.39 is 0 Å². The van der Waals surface area contributed by atoms with E-state index >= 15 is 0 Å². The molecule has 0 aliphatic heterocycles. The highest BCUT2D eigenvalue weighted by molar-refractivity contribution is 5.91. The average molecular weight is 275 g/mol. The second-order valence-electron chi connectivity index (χ2n) is 5.17. The third kappa shape index (κ3) is 2.91. The fourth-order valence-electron chi connectivity index (χ4n) is 2.33. The van der Waals surface area contributed by atoms with Gasteiger partial charge in [-0.3, -0.25) is 9.48 Å². The number of furan rings is 1. The molecule has 1 fully saturated rings. The molecule has 2 aromatic rings. The highest BCUT2D eigenvalue weighted by Crippen LogP contribution is 2.26. The maximum atomic E-state index is 11.9. The summed E-state index contributed by atoms with van der Waals surface area (Å²) < 4.78 is 7.23. The standard InChI is InChI=1S/C14H17N3O3/c18-11-6-10(7-11)8-15-14(19)13-3-2-12(20-13)9-17-5-1-4-16-17/h1-5,10-11,18H,6-9H2,(H,15,19). The smallest absolute Gasteiger partial charge is 0.287 e. The molecule has 2 N–H and O–H groups in total. The molecule has 1 amide bonds. The van der Waals surface area contributed by atoms with Crippen LogP contribution in [0, 0.1) is 5.92 Å². The molecule has 0 atom stereocenters. The molecule has 1 aliphatic rings. The molecule has 0 saturated heterocycles. The number of aliphatic hydroxyl groups is 1. The Hall–Kier alpha value is -2.08. The van der Waals surface area contributed by atoms with Gasteiger partial charge in [0.05, 0.1) is 12.6 Å². The van der Waals surface area contributed by atoms with E-state index in [1.165, 1.54) is 0 Å². The highest BCUT2D eigenvalue weighted by Gasteiger charge is 2.27. The van der Waals surface area contributed by atoms with Crippen LogP contribution in [0.5, 0.6) is 0 Å². The average Bonchev–Trinajstić information content (AvgIpc) is 3.05. The number of aromatic nitrogens is 2. The van der Waals surface area contributed by atoms with Crippen molar-refractivity contribution in [2.24, 2.45) is 5.92 Å². The number of amides is 1. The molecule has 1 saturated carbocycles. The van der Waals surface area contributed by atoms with E-state index in [4.69, 9.17) is 4.42 Å². The van der Waals surface area contributed by atoms with E-state index in [-0.39, 0.29) is 12.0 Å². The number of aliphatic hydroxyl groups excluding tert-OH is 1. The Morgan fingerprint density at radius 2 is 2.35 bits per heavy atom. The Balaban J connectivity index is 1.52. The van der Waals surface area contributed by atoms with Crippen molar-refractivity contribution in [1.82, 2.24) is 15.1 Å². The van der Waals surface area contributed by atoms with Gasteiger partial charge >= 0.3 is 0 Å². The number of carbonyl (C=O) groups excluding carboxylic acids is 1. The second-order valence-corrected chi connectivity index (χ2v) is 5.17. The van der Waals surface area contributed by atoms with Crippen LogP contribution in [0.15, 0.2) is 35.0 Å². The van der Waals surface area contributed by atoms with Gasteiger partial charge in [0, 0.05) is 18.9 Å². The van der Waals surface area contributed by atoms with Crippen molar-refractivity contribution in [2.45, 2.75) is 25.5 Å². The van der Waals surface area contributed by atoms with Gasteiger partial charge in [0.1, 0.15) is 5.76 Å². The Labute approximate surface area is 116 Å². The quantitative estimate of drug-likeness (QED) is 0.854. The maximum Gasteiger partial charge on any atom is 0.287 e. The number of carbonyl (C=O) groups is 1. The van der Waals surface area contributed by atoms with Crippen molar-refractivity contribution >= 4 is 5.91 Å². The zero-order valence-electron chi connectivity index (χ0n) is 11.0. The largest absolute Gasteiger partial charge is 0.454 e. The molecule has 0 radical (unpaired) electrons. The molecule has 0 spiro atoms. The summed E-state index contributed by atoms with van der Waals surface area (Å²) in [6.45, 7) is 1.10. The van der Waals surface area contributed by atoms with Crippen molar-refractivity contribution in [2.75, 3.05) is 6.54 Å². The fourth-order valence-corrected chi connectivity index (χ4v) is 2.33. The molecule has 1 aliphatic carbocycles. The number of hydrogen-bond donors (Lipinski definition) is 2. The molecule has 0 bridgehead atoms. The van der Waals surface area contributed by atoms with Crippen LogP contribution in [0.1, 0.15) is 29.2 Å². The molecule has 6 heteroatoms. The molecule has 0 aromatic carbocycles. The lowest BCUT2D eigenvalue weighted by Gasteiger charge is -2.31. The lowest BCUT2D eigenvalue weighted by Crippen LogP contribution is -2.38. The van der Waals surface area contributed by atoms with Gasteiger partial charge < -0.3 is 14.8 Å². The molecule has 3 rings (SSSR count). The van der Waals surface area contributed by atoms with Crippen LogP contribution in [0.2, 0.25) is 0 Å². The molecular formula is C14H17N3O3. The summed E-state index contributed by atoms with van der Waals surface area (Å²) >= 11 is 0. The lowest BCUT2D eigenvalue weighted by molar-refractivity contribution is 0.0417. The number of hydrogen-bond acceptors (Lipinski definition) is 4. The third-order valence-corrected chi connectivity index (χ3v) is 3.52.